The number of amides is 1. The van der Waals surface area contributed by atoms with Crippen molar-refractivity contribution in [3.63, 3.8) is 0 Å². The molecule has 2 aromatic rings. The molecule has 0 fully saturated rings. The predicted octanol–water partition coefficient (Wildman–Crippen LogP) is 1.16. The number of hydrogen-bond acceptors (Lipinski definition) is 3. The fraction of sp³-hybridized carbons (Fsp3) is 0.333. The van der Waals surface area contributed by atoms with Gasteiger partial charge in [0.15, 0.2) is 0 Å². The van der Waals surface area contributed by atoms with Gasteiger partial charge in [0.2, 0.25) is 0 Å². The molecule has 2 rings (SSSR count). The number of nitrogens with zero attached hydrogens (tertiary/aromatic N) is 3. The summed E-state index contributed by atoms with van der Waals surface area (Å²) in [6.45, 7) is 1.88. The lowest BCUT2D eigenvalue weighted by Gasteiger charge is -2.15. The molecule has 0 saturated heterocycles. The van der Waals surface area contributed by atoms with Gasteiger partial charge in [-0.1, -0.05) is 30.3 Å². The summed E-state index contributed by atoms with van der Waals surface area (Å²) < 4.78 is 1.83. The molecule has 0 saturated carbocycles. The zero-order chi connectivity index (χ0) is 14.4. The number of benzene rings is 1. The lowest BCUT2D eigenvalue weighted by molar-refractivity contribution is 0.0791. The van der Waals surface area contributed by atoms with Gasteiger partial charge in [-0.25, -0.2) is 4.98 Å². The van der Waals surface area contributed by atoms with E-state index in [0.29, 0.717) is 25.3 Å². The molecule has 1 aromatic heterocycles. The quantitative estimate of drug-likeness (QED) is 0.858. The van der Waals surface area contributed by atoms with Gasteiger partial charge in [-0.2, -0.15) is 0 Å². The third kappa shape index (κ3) is 3.68. The van der Waals surface area contributed by atoms with E-state index in [-0.39, 0.29) is 5.91 Å². The molecule has 0 aliphatic carbocycles. The molecule has 1 amide bonds. The fourth-order valence-corrected chi connectivity index (χ4v) is 1.98. The predicted molar refractivity (Wildman–Crippen MR) is 78.4 cm³/mol. The van der Waals surface area contributed by atoms with E-state index in [9.17, 15) is 4.79 Å². The molecule has 2 N–H and O–H groups in total. The van der Waals surface area contributed by atoms with Crippen LogP contribution in [-0.4, -0.2) is 40.5 Å². The van der Waals surface area contributed by atoms with E-state index < -0.39 is 0 Å². The van der Waals surface area contributed by atoms with Crippen molar-refractivity contribution in [2.24, 2.45) is 5.73 Å². The minimum atomic E-state index is -0.0586. The molecule has 0 bridgehead atoms. The third-order valence-electron chi connectivity index (χ3n) is 3.17. The van der Waals surface area contributed by atoms with Crippen molar-refractivity contribution in [3.8, 4) is 0 Å². The molecule has 1 aromatic carbocycles. The van der Waals surface area contributed by atoms with Crippen molar-refractivity contribution < 1.29 is 4.79 Å². The SMILES string of the molecule is CN(CCc1ccccc1)C(=O)c1cn(CCN)cn1. The van der Waals surface area contributed by atoms with Gasteiger partial charge in [0, 0.05) is 32.9 Å². The Hall–Kier alpha value is -2.14. The second-order valence-electron chi connectivity index (χ2n) is 4.75. The van der Waals surface area contributed by atoms with Gasteiger partial charge in [0.05, 0.1) is 6.33 Å². The number of hydrogen-bond donors (Lipinski definition) is 1. The highest BCUT2D eigenvalue weighted by atomic mass is 16.2. The molecular weight excluding hydrogens is 252 g/mol. The molecule has 20 heavy (non-hydrogen) atoms. The second kappa shape index (κ2) is 6.86. The van der Waals surface area contributed by atoms with Crippen LogP contribution in [0.2, 0.25) is 0 Å². The number of likely N-dealkylation sites (N-methyl/N-ethyl adjacent to an activating group) is 1. The molecule has 0 radical (unpaired) electrons. The van der Waals surface area contributed by atoms with Gasteiger partial charge in [-0.05, 0) is 12.0 Å². The normalized spacial score (nSPS) is 10.5. The van der Waals surface area contributed by atoms with Crippen molar-refractivity contribution in [3.05, 3.63) is 54.1 Å². The maximum atomic E-state index is 12.2. The van der Waals surface area contributed by atoms with Gasteiger partial charge in [-0.3, -0.25) is 4.79 Å². The van der Waals surface area contributed by atoms with Crippen LogP contribution in [0.1, 0.15) is 16.1 Å². The van der Waals surface area contributed by atoms with Crippen LogP contribution in [0, 0.1) is 0 Å². The van der Waals surface area contributed by atoms with Gasteiger partial charge in [0.25, 0.3) is 5.91 Å². The standard InChI is InChI=1S/C15H20N4O/c1-18(9-7-13-5-3-2-4-6-13)15(20)14-11-19(10-8-16)12-17-14/h2-6,11-12H,7-10,16H2,1H3. The molecule has 5 heteroatoms. The average molecular weight is 272 g/mol. The van der Waals surface area contributed by atoms with Crippen LogP contribution < -0.4 is 5.73 Å². The molecule has 0 unspecified atom stereocenters. The fourth-order valence-electron chi connectivity index (χ4n) is 1.98. The van der Waals surface area contributed by atoms with Crippen LogP contribution in [-0.2, 0) is 13.0 Å². The number of nitrogens with two attached hydrogens (primary N) is 1. The largest absolute Gasteiger partial charge is 0.340 e. The van der Waals surface area contributed by atoms with E-state index in [4.69, 9.17) is 5.73 Å². The molecule has 1 heterocycles. The Labute approximate surface area is 119 Å². The Bertz CT molecular complexity index is 550. The van der Waals surface area contributed by atoms with Crippen molar-refractivity contribution in [1.82, 2.24) is 14.5 Å². The number of carbonyl (C=O) groups excluding carboxylic acids is 1. The van der Waals surface area contributed by atoms with E-state index in [1.165, 1.54) is 5.56 Å². The summed E-state index contributed by atoms with van der Waals surface area (Å²) in [6, 6.07) is 10.1. The van der Waals surface area contributed by atoms with Gasteiger partial charge < -0.3 is 15.2 Å². The van der Waals surface area contributed by atoms with Crippen LogP contribution in [0.5, 0.6) is 0 Å². The zero-order valence-corrected chi connectivity index (χ0v) is 11.7. The van der Waals surface area contributed by atoms with Crippen LogP contribution in [0.4, 0.5) is 0 Å². The minimum Gasteiger partial charge on any atom is -0.340 e. The Morgan fingerprint density at radius 2 is 2.10 bits per heavy atom. The average Bonchev–Trinajstić information content (AvgIpc) is 2.94. The first kappa shape index (κ1) is 14.3. The Morgan fingerprint density at radius 1 is 1.35 bits per heavy atom. The first-order chi connectivity index (χ1) is 9.70. The lowest BCUT2D eigenvalue weighted by Crippen LogP contribution is -2.29. The van der Waals surface area contributed by atoms with E-state index in [1.54, 1.807) is 24.5 Å². The van der Waals surface area contributed by atoms with E-state index in [0.717, 1.165) is 6.42 Å². The monoisotopic (exact) mass is 272 g/mol. The first-order valence-corrected chi connectivity index (χ1v) is 6.72. The summed E-state index contributed by atoms with van der Waals surface area (Å²) in [6.07, 6.45) is 4.23. The molecule has 5 nitrogen and oxygen atoms in total. The van der Waals surface area contributed by atoms with Crippen molar-refractivity contribution in [1.29, 1.82) is 0 Å². The van der Waals surface area contributed by atoms with Crippen LogP contribution in [0.3, 0.4) is 0 Å². The molecular formula is C15H20N4O. The topological polar surface area (TPSA) is 64.2 Å². The van der Waals surface area contributed by atoms with Gasteiger partial charge >= 0.3 is 0 Å². The Kier molecular flexibility index (Phi) is 4.90. The maximum Gasteiger partial charge on any atom is 0.273 e. The van der Waals surface area contributed by atoms with Crippen molar-refractivity contribution >= 4 is 5.91 Å². The third-order valence-corrected chi connectivity index (χ3v) is 3.17. The molecule has 0 spiro atoms. The Morgan fingerprint density at radius 3 is 2.80 bits per heavy atom. The second-order valence-corrected chi connectivity index (χ2v) is 4.75. The summed E-state index contributed by atoms with van der Waals surface area (Å²) in [4.78, 5) is 18.0. The molecule has 0 atom stereocenters. The summed E-state index contributed by atoms with van der Waals surface area (Å²) in [5.74, 6) is -0.0586. The molecule has 0 aliphatic heterocycles. The smallest absolute Gasteiger partial charge is 0.273 e. The van der Waals surface area contributed by atoms with E-state index >= 15 is 0 Å². The van der Waals surface area contributed by atoms with Crippen molar-refractivity contribution in [2.75, 3.05) is 20.1 Å². The van der Waals surface area contributed by atoms with Crippen LogP contribution >= 0.6 is 0 Å². The highest BCUT2D eigenvalue weighted by Gasteiger charge is 2.14. The summed E-state index contributed by atoms with van der Waals surface area (Å²) in [7, 11) is 1.80. The van der Waals surface area contributed by atoms with Gasteiger partial charge in [0.1, 0.15) is 5.69 Å². The van der Waals surface area contributed by atoms with Crippen LogP contribution in [0.15, 0.2) is 42.9 Å². The molecule has 106 valence electrons. The minimum absolute atomic E-state index is 0.0586. The zero-order valence-electron chi connectivity index (χ0n) is 11.7. The van der Waals surface area contributed by atoms with Crippen LogP contribution in [0.25, 0.3) is 0 Å². The highest BCUT2D eigenvalue weighted by molar-refractivity contribution is 5.91. The number of rotatable bonds is 6. The van der Waals surface area contributed by atoms with E-state index in [2.05, 4.69) is 17.1 Å². The summed E-state index contributed by atoms with van der Waals surface area (Å²) in [5.41, 5.74) is 7.16. The number of carbonyl (C=O) groups is 1. The van der Waals surface area contributed by atoms with Gasteiger partial charge in [-0.15, -0.1) is 0 Å². The highest BCUT2D eigenvalue weighted by Crippen LogP contribution is 2.04. The summed E-state index contributed by atoms with van der Waals surface area (Å²) in [5, 5.41) is 0. The summed E-state index contributed by atoms with van der Waals surface area (Å²) >= 11 is 0. The number of aromatic nitrogens is 2. The lowest BCUT2D eigenvalue weighted by atomic mass is 10.1. The Balaban J connectivity index is 1.91. The maximum absolute atomic E-state index is 12.2. The molecule has 0 aliphatic rings. The van der Waals surface area contributed by atoms with Crippen molar-refractivity contribution in [2.45, 2.75) is 13.0 Å². The number of imidazole rings is 1. The van der Waals surface area contributed by atoms with E-state index in [1.807, 2.05) is 22.8 Å². The first-order valence-electron chi connectivity index (χ1n) is 6.72.